The van der Waals surface area contributed by atoms with Gasteiger partial charge in [-0.3, -0.25) is 14.4 Å². The number of rotatable bonds is 7. The topological polar surface area (TPSA) is 139 Å². The minimum Gasteiger partial charge on any atom is -0.351 e. The summed E-state index contributed by atoms with van der Waals surface area (Å²) in [4.78, 5) is 41.5. The predicted molar refractivity (Wildman–Crippen MR) is 108 cm³/mol. The van der Waals surface area contributed by atoms with E-state index in [0.29, 0.717) is 11.8 Å². The third-order valence-electron chi connectivity index (χ3n) is 6.06. The number of thioether (sulfide) groups is 1. The Morgan fingerprint density at radius 3 is 2.93 bits per heavy atom. The van der Waals surface area contributed by atoms with Gasteiger partial charge in [-0.1, -0.05) is 6.92 Å². The van der Waals surface area contributed by atoms with Crippen LogP contribution >= 0.6 is 11.8 Å². The summed E-state index contributed by atoms with van der Waals surface area (Å²) in [6, 6.07) is -0.237. The number of carbonyl (C=O) groups excluding carboxylic acids is 3. The molecule has 3 aliphatic rings. The molecule has 4 heterocycles. The number of β-lactam (4-membered cyclic amide) rings is 1. The number of likely N-dealkylation sites (tertiary alicyclic amines) is 1. The van der Waals surface area contributed by atoms with Gasteiger partial charge in [0, 0.05) is 41.4 Å². The zero-order valence-electron chi connectivity index (χ0n) is 17.0. The second-order valence-electron chi connectivity index (χ2n) is 8.02. The fourth-order valence-electron chi connectivity index (χ4n) is 4.49. The highest BCUT2D eigenvalue weighted by Gasteiger charge is 2.55. The van der Waals surface area contributed by atoms with Crippen LogP contribution in [0, 0.1) is 11.8 Å². The summed E-state index contributed by atoms with van der Waals surface area (Å²) in [5.41, 5.74) is 5.46. The molecule has 0 aromatic carbocycles. The molecular formula is C18H26N8O3S. The van der Waals surface area contributed by atoms with E-state index < -0.39 is 0 Å². The Labute approximate surface area is 178 Å². The third-order valence-corrected chi connectivity index (χ3v) is 7.52. The lowest BCUT2D eigenvalue weighted by atomic mass is 9.78. The Balaban J connectivity index is 1.32. The van der Waals surface area contributed by atoms with Crippen molar-refractivity contribution in [2.75, 3.05) is 19.6 Å². The summed E-state index contributed by atoms with van der Waals surface area (Å²) in [5, 5.41) is 13.9. The van der Waals surface area contributed by atoms with Crippen molar-refractivity contribution < 1.29 is 14.4 Å². The lowest BCUT2D eigenvalue weighted by Crippen LogP contribution is -2.64. The molecule has 0 spiro atoms. The van der Waals surface area contributed by atoms with E-state index in [1.165, 1.54) is 11.0 Å². The molecule has 0 aliphatic carbocycles. The average molecular weight is 435 g/mol. The molecule has 4 rings (SSSR count). The van der Waals surface area contributed by atoms with Gasteiger partial charge in [0.15, 0.2) is 0 Å². The van der Waals surface area contributed by atoms with Crippen LogP contribution in [0.25, 0.3) is 0 Å². The van der Waals surface area contributed by atoms with Gasteiger partial charge in [-0.25, -0.2) is 4.68 Å². The zero-order chi connectivity index (χ0) is 21.4. The van der Waals surface area contributed by atoms with E-state index in [0.717, 1.165) is 17.9 Å². The van der Waals surface area contributed by atoms with E-state index in [9.17, 15) is 14.4 Å². The van der Waals surface area contributed by atoms with Crippen LogP contribution in [0.4, 0.5) is 0 Å². The van der Waals surface area contributed by atoms with Crippen molar-refractivity contribution in [3.63, 3.8) is 0 Å². The standard InChI is InChI=1S/C18H26N8O3S/c1-10-13(30-12-3-4-24(6-12)15(28)5-19)7-26-17(10)16(18(26)29)11(2)21-14(27)8-25-9-20-22-23-25/h7,9-12,16-17H,3-6,8,19H2,1-2H3,(H,21,27)/t10-,11+,12?,16+,17+/m0/s1. The second-order valence-corrected chi connectivity index (χ2v) is 9.39. The molecule has 0 bridgehead atoms. The molecular weight excluding hydrogens is 408 g/mol. The maximum absolute atomic E-state index is 12.7. The molecule has 3 amide bonds. The molecule has 5 atom stereocenters. The third kappa shape index (κ3) is 3.81. The van der Waals surface area contributed by atoms with Gasteiger partial charge >= 0.3 is 0 Å². The van der Waals surface area contributed by atoms with Gasteiger partial charge in [0.05, 0.1) is 18.5 Å². The Bertz CT molecular complexity index is 860. The zero-order valence-corrected chi connectivity index (χ0v) is 17.8. The van der Waals surface area contributed by atoms with Crippen molar-refractivity contribution in [1.82, 2.24) is 35.3 Å². The number of fused-ring (bicyclic) bond motifs is 1. The molecule has 0 saturated carbocycles. The number of amides is 3. The Hall–Kier alpha value is -2.47. The molecule has 1 aromatic heterocycles. The van der Waals surface area contributed by atoms with Gasteiger partial charge in [-0.15, -0.1) is 16.9 Å². The lowest BCUT2D eigenvalue weighted by Gasteiger charge is -2.46. The summed E-state index contributed by atoms with van der Waals surface area (Å²) in [6.45, 7) is 5.46. The number of aromatic nitrogens is 4. The summed E-state index contributed by atoms with van der Waals surface area (Å²) in [7, 11) is 0. The monoisotopic (exact) mass is 434 g/mol. The normalized spacial score (nSPS) is 28.8. The number of nitrogens with one attached hydrogen (secondary N) is 1. The van der Waals surface area contributed by atoms with E-state index in [1.807, 2.05) is 18.0 Å². The van der Waals surface area contributed by atoms with Crippen LogP contribution in [0.3, 0.4) is 0 Å². The van der Waals surface area contributed by atoms with Crippen LogP contribution in [0.1, 0.15) is 20.3 Å². The summed E-state index contributed by atoms with van der Waals surface area (Å²) < 4.78 is 1.34. The number of nitrogens with two attached hydrogens (primary N) is 1. The van der Waals surface area contributed by atoms with Crippen LogP contribution in [-0.2, 0) is 20.9 Å². The first kappa shape index (κ1) is 20.8. The quantitative estimate of drug-likeness (QED) is 0.510. The number of hydrogen-bond donors (Lipinski definition) is 2. The van der Waals surface area contributed by atoms with Gasteiger partial charge < -0.3 is 20.9 Å². The highest BCUT2D eigenvalue weighted by Crippen LogP contribution is 2.48. The fraction of sp³-hybridized carbons (Fsp3) is 0.667. The van der Waals surface area contributed by atoms with Crippen LogP contribution in [-0.4, -0.2) is 84.7 Å². The maximum Gasteiger partial charge on any atom is 0.242 e. The van der Waals surface area contributed by atoms with Crippen LogP contribution in [0.5, 0.6) is 0 Å². The fourth-order valence-corrected chi connectivity index (χ4v) is 5.88. The first-order chi connectivity index (χ1) is 14.4. The number of carbonyl (C=O) groups is 3. The first-order valence-electron chi connectivity index (χ1n) is 10.1. The summed E-state index contributed by atoms with van der Waals surface area (Å²) in [5.74, 6) is -0.285. The molecule has 3 aliphatic heterocycles. The number of hydrogen-bond acceptors (Lipinski definition) is 8. The van der Waals surface area contributed by atoms with Crippen LogP contribution in [0.15, 0.2) is 17.4 Å². The maximum atomic E-state index is 12.7. The molecule has 1 aromatic rings. The van der Waals surface area contributed by atoms with E-state index >= 15 is 0 Å². The second kappa shape index (κ2) is 8.34. The molecule has 2 fully saturated rings. The molecule has 3 N–H and O–H groups in total. The lowest BCUT2D eigenvalue weighted by molar-refractivity contribution is -0.153. The Morgan fingerprint density at radius 2 is 2.23 bits per heavy atom. The van der Waals surface area contributed by atoms with E-state index in [-0.39, 0.29) is 54.7 Å². The molecule has 162 valence electrons. The Morgan fingerprint density at radius 1 is 1.43 bits per heavy atom. The van der Waals surface area contributed by atoms with E-state index in [1.54, 1.807) is 16.7 Å². The number of tetrazole rings is 1. The average Bonchev–Trinajstić information content (AvgIpc) is 3.43. The van der Waals surface area contributed by atoms with Gasteiger partial charge in [0.2, 0.25) is 17.7 Å². The smallest absolute Gasteiger partial charge is 0.242 e. The van der Waals surface area contributed by atoms with Crippen LogP contribution in [0.2, 0.25) is 0 Å². The molecule has 30 heavy (non-hydrogen) atoms. The highest BCUT2D eigenvalue weighted by molar-refractivity contribution is 8.03. The molecule has 2 saturated heterocycles. The van der Waals surface area contributed by atoms with Gasteiger partial charge in [0.1, 0.15) is 12.9 Å². The van der Waals surface area contributed by atoms with Gasteiger partial charge in [0.25, 0.3) is 0 Å². The molecule has 1 unspecified atom stereocenters. The number of nitrogens with zero attached hydrogens (tertiary/aromatic N) is 6. The minimum atomic E-state index is -0.285. The van der Waals surface area contributed by atoms with Gasteiger partial charge in [-0.2, -0.15) is 0 Å². The largest absolute Gasteiger partial charge is 0.351 e. The van der Waals surface area contributed by atoms with Crippen molar-refractivity contribution in [3.8, 4) is 0 Å². The SMILES string of the molecule is C[C@@H](NC(=O)Cn1cnnn1)[C@H]1C(=O)N2C=C(SC3CCN(C(=O)CN)C3)[C@H](C)[C@H]12. The summed E-state index contributed by atoms with van der Waals surface area (Å²) >= 11 is 1.75. The predicted octanol–water partition coefficient (Wildman–Crippen LogP) is -1.21. The van der Waals surface area contributed by atoms with Crippen molar-refractivity contribution in [1.29, 1.82) is 0 Å². The van der Waals surface area contributed by atoms with Crippen molar-refractivity contribution in [2.24, 2.45) is 17.6 Å². The first-order valence-corrected chi connectivity index (χ1v) is 11.0. The highest BCUT2D eigenvalue weighted by atomic mass is 32.2. The van der Waals surface area contributed by atoms with E-state index in [4.69, 9.17) is 5.73 Å². The van der Waals surface area contributed by atoms with Gasteiger partial charge in [-0.05, 0) is 23.8 Å². The molecule has 12 heteroatoms. The molecule has 11 nitrogen and oxygen atoms in total. The minimum absolute atomic E-state index is 0.0151. The van der Waals surface area contributed by atoms with Crippen molar-refractivity contribution in [2.45, 2.75) is 44.1 Å². The summed E-state index contributed by atoms with van der Waals surface area (Å²) in [6.07, 6.45) is 4.24. The molecule has 0 radical (unpaired) electrons. The van der Waals surface area contributed by atoms with Crippen molar-refractivity contribution >= 4 is 29.5 Å². The van der Waals surface area contributed by atoms with Crippen molar-refractivity contribution in [3.05, 3.63) is 17.4 Å². The van der Waals surface area contributed by atoms with E-state index in [2.05, 4.69) is 27.8 Å². The van der Waals surface area contributed by atoms with Crippen LogP contribution < -0.4 is 11.1 Å². The Kier molecular flexibility index (Phi) is 5.78.